The number of anilines is 1. The van der Waals surface area contributed by atoms with Gasteiger partial charge in [0.25, 0.3) is 0 Å². The Morgan fingerprint density at radius 3 is 2.95 bits per heavy atom. The number of aromatic nitrogens is 2. The molecule has 1 saturated heterocycles. The fourth-order valence-corrected chi connectivity index (χ4v) is 1.98. The summed E-state index contributed by atoms with van der Waals surface area (Å²) >= 11 is 0. The molecular weight excluding hydrogens is 251 g/mol. The third-order valence-electron chi connectivity index (χ3n) is 2.87. The first-order valence-corrected chi connectivity index (χ1v) is 5.79. The van der Waals surface area contributed by atoms with Gasteiger partial charge in [-0.2, -0.15) is 0 Å². The van der Waals surface area contributed by atoms with E-state index >= 15 is 0 Å². The maximum Gasteiger partial charge on any atom is 0.325 e. The predicted molar refractivity (Wildman–Crippen MR) is 64.6 cm³/mol. The maximum absolute atomic E-state index is 13.1. The Balaban J connectivity index is 1.90. The highest BCUT2D eigenvalue weighted by Gasteiger charge is 2.31. The van der Waals surface area contributed by atoms with Gasteiger partial charge in [-0.1, -0.05) is 11.2 Å². The number of halogens is 1. The van der Waals surface area contributed by atoms with Gasteiger partial charge in [0.05, 0.1) is 0 Å². The van der Waals surface area contributed by atoms with Crippen LogP contribution in [0.2, 0.25) is 0 Å². The highest BCUT2D eigenvalue weighted by Crippen LogP contribution is 2.24. The number of amides is 1. The van der Waals surface area contributed by atoms with Crippen molar-refractivity contribution >= 4 is 11.9 Å². The fraction of sp³-hybridized carbons (Fsp3) is 0.250. The van der Waals surface area contributed by atoms with Crippen molar-refractivity contribution in [2.75, 3.05) is 11.4 Å². The molecule has 7 heteroatoms. The van der Waals surface area contributed by atoms with Crippen LogP contribution in [-0.4, -0.2) is 28.7 Å². The standard InChI is InChI=1S/C12H11FN4O2/c13-8-3-1-2-7(4-8)11-15-16-12(19-11)17-6-9(14)5-10(17)18/h1-4,9H,5-6,14H2. The molecule has 0 spiro atoms. The zero-order chi connectivity index (χ0) is 13.4. The molecule has 0 saturated carbocycles. The predicted octanol–water partition coefficient (Wildman–Crippen LogP) is 0.940. The minimum absolute atomic E-state index is 0.0946. The number of hydrogen-bond donors (Lipinski definition) is 1. The molecule has 1 amide bonds. The average Bonchev–Trinajstić information content (AvgIpc) is 2.96. The molecule has 2 heterocycles. The summed E-state index contributed by atoms with van der Waals surface area (Å²) in [4.78, 5) is 13.0. The molecule has 0 bridgehead atoms. The summed E-state index contributed by atoms with van der Waals surface area (Å²) < 4.78 is 18.5. The van der Waals surface area contributed by atoms with E-state index < -0.39 is 5.82 Å². The Morgan fingerprint density at radius 1 is 1.42 bits per heavy atom. The quantitative estimate of drug-likeness (QED) is 0.870. The van der Waals surface area contributed by atoms with Gasteiger partial charge >= 0.3 is 6.01 Å². The second-order valence-electron chi connectivity index (χ2n) is 4.37. The van der Waals surface area contributed by atoms with Crippen LogP contribution in [0.15, 0.2) is 28.7 Å². The number of nitrogens with two attached hydrogens (primary N) is 1. The molecule has 1 fully saturated rings. The molecule has 1 atom stereocenters. The van der Waals surface area contributed by atoms with Crippen LogP contribution < -0.4 is 10.6 Å². The molecule has 1 aliphatic rings. The lowest BCUT2D eigenvalue weighted by Crippen LogP contribution is -2.28. The molecule has 2 N–H and O–H groups in total. The zero-order valence-corrected chi connectivity index (χ0v) is 9.91. The van der Waals surface area contributed by atoms with Crippen molar-refractivity contribution in [1.82, 2.24) is 10.2 Å². The van der Waals surface area contributed by atoms with Crippen LogP contribution in [0.25, 0.3) is 11.5 Å². The van der Waals surface area contributed by atoms with Crippen LogP contribution in [0.4, 0.5) is 10.4 Å². The number of carbonyl (C=O) groups is 1. The van der Waals surface area contributed by atoms with E-state index in [2.05, 4.69) is 10.2 Å². The number of hydrogen-bond acceptors (Lipinski definition) is 5. The van der Waals surface area contributed by atoms with E-state index in [9.17, 15) is 9.18 Å². The SMILES string of the molecule is NC1CC(=O)N(c2nnc(-c3cccc(F)c3)o2)C1. The van der Waals surface area contributed by atoms with Gasteiger partial charge in [0, 0.05) is 24.6 Å². The van der Waals surface area contributed by atoms with Gasteiger partial charge in [-0.3, -0.25) is 9.69 Å². The third-order valence-corrected chi connectivity index (χ3v) is 2.87. The fourth-order valence-electron chi connectivity index (χ4n) is 1.98. The van der Waals surface area contributed by atoms with E-state index in [1.54, 1.807) is 12.1 Å². The topological polar surface area (TPSA) is 85.3 Å². The molecule has 2 aromatic rings. The van der Waals surface area contributed by atoms with E-state index in [-0.39, 0.29) is 30.3 Å². The Labute approximate surface area is 108 Å². The van der Waals surface area contributed by atoms with Gasteiger partial charge in [0.15, 0.2) is 0 Å². The summed E-state index contributed by atoms with van der Waals surface area (Å²) in [6.45, 7) is 0.351. The van der Waals surface area contributed by atoms with Gasteiger partial charge in [-0.25, -0.2) is 4.39 Å². The molecule has 98 valence electrons. The summed E-state index contributed by atoms with van der Waals surface area (Å²) in [5, 5.41) is 7.61. The first-order valence-electron chi connectivity index (χ1n) is 5.79. The van der Waals surface area contributed by atoms with Crippen molar-refractivity contribution in [3.05, 3.63) is 30.1 Å². The molecule has 0 radical (unpaired) electrons. The van der Waals surface area contributed by atoms with E-state index in [0.29, 0.717) is 12.1 Å². The molecule has 6 nitrogen and oxygen atoms in total. The Bertz CT molecular complexity index is 628. The van der Waals surface area contributed by atoms with Crippen LogP contribution in [0, 0.1) is 5.82 Å². The van der Waals surface area contributed by atoms with E-state index in [4.69, 9.17) is 10.2 Å². The summed E-state index contributed by atoms with van der Waals surface area (Å²) in [5.74, 6) is -0.374. The second-order valence-corrected chi connectivity index (χ2v) is 4.37. The van der Waals surface area contributed by atoms with Crippen molar-refractivity contribution in [1.29, 1.82) is 0 Å². The maximum atomic E-state index is 13.1. The highest BCUT2D eigenvalue weighted by molar-refractivity contribution is 5.94. The lowest BCUT2D eigenvalue weighted by Gasteiger charge is -2.08. The molecule has 0 aliphatic carbocycles. The summed E-state index contributed by atoms with van der Waals surface area (Å²) in [6, 6.07) is 5.68. The Hall–Kier alpha value is -2.28. The molecule has 1 aromatic carbocycles. The third kappa shape index (κ3) is 2.19. The van der Waals surface area contributed by atoms with Gasteiger partial charge in [0.1, 0.15) is 5.82 Å². The zero-order valence-electron chi connectivity index (χ0n) is 9.91. The van der Waals surface area contributed by atoms with Crippen molar-refractivity contribution in [3.63, 3.8) is 0 Å². The van der Waals surface area contributed by atoms with Crippen molar-refractivity contribution in [2.24, 2.45) is 5.73 Å². The van der Waals surface area contributed by atoms with Crippen LogP contribution in [0.1, 0.15) is 6.42 Å². The number of rotatable bonds is 2. The van der Waals surface area contributed by atoms with Crippen LogP contribution in [0.3, 0.4) is 0 Å². The molecule has 3 rings (SSSR count). The van der Waals surface area contributed by atoms with E-state index in [0.717, 1.165) is 0 Å². The van der Waals surface area contributed by atoms with Crippen LogP contribution >= 0.6 is 0 Å². The second kappa shape index (κ2) is 4.43. The molecule has 1 aliphatic heterocycles. The lowest BCUT2D eigenvalue weighted by molar-refractivity contribution is -0.117. The van der Waals surface area contributed by atoms with Gasteiger partial charge in [0.2, 0.25) is 11.8 Å². The summed E-state index contributed by atoms with van der Waals surface area (Å²) in [6.07, 6.45) is 0.262. The highest BCUT2D eigenvalue weighted by atomic mass is 19.1. The van der Waals surface area contributed by atoms with Crippen LogP contribution in [0.5, 0.6) is 0 Å². The van der Waals surface area contributed by atoms with Gasteiger partial charge in [-0.05, 0) is 18.2 Å². The Kier molecular flexibility index (Phi) is 2.75. The van der Waals surface area contributed by atoms with Crippen molar-refractivity contribution in [3.8, 4) is 11.5 Å². The summed E-state index contributed by atoms with van der Waals surface area (Å²) in [7, 11) is 0. The number of carbonyl (C=O) groups excluding carboxylic acids is 1. The smallest absolute Gasteiger partial charge is 0.325 e. The molecule has 1 aromatic heterocycles. The normalized spacial score (nSPS) is 19.2. The van der Waals surface area contributed by atoms with Crippen molar-refractivity contribution < 1.29 is 13.6 Å². The molecule has 19 heavy (non-hydrogen) atoms. The Morgan fingerprint density at radius 2 is 2.26 bits per heavy atom. The lowest BCUT2D eigenvalue weighted by atomic mass is 10.2. The minimum Gasteiger partial charge on any atom is -0.403 e. The largest absolute Gasteiger partial charge is 0.403 e. The van der Waals surface area contributed by atoms with Crippen LogP contribution in [-0.2, 0) is 4.79 Å². The van der Waals surface area contributed by atoms with Gasteiger partial charge in [-0.15, -0.1) is 5.10 Å². The first kappa shape index (κ1) is 11.8. The molecular formula is C12H11FN4O2. The molecule has 1 unspecified atom stereocenters. The van der Waals surface area contributed by atoms with E-state index in [1.165, 1.54) is 17.0 Å². The number of nitrogens with zero attached hydrogens (tertiary/aromatic N) is 3. The summed E-state index contributed by atoms with van der Waals surface area (Å²) in [5.41, 5.74) is 6.16. The number of benzene rings is 1. The first-order chi connectivity index (χ1) is 9.13. The van der Waals surface area contributed by atoms with Crippen molar-refractivity contribution in [2.45, 2.75) is 12.5 Å². The van der Waals surface area contributed by atoms with E-state index in [1.807, 2.05) is 0 Å². The van der Waals surface area contributed by atoms with Gasteiger partial charge < -0.3 is 10.2 Å². The minimum atomic E-state index is -0.392. The monoisotopic (exact) mass is 262 g/mol. The average molecular weight is 262 g/mol.